The van der Waals surface area contributed by atoms with Crippen molar-refractivity contribution in [2.75, 3.05) is 24.5 Å². The molecule has 2 nitrogen and oxygen atoms in total. The molecule has 0 bridgehead atoms. The van der Waals surface area contributed by atoms with Crippen LogP contribution in [-0.4, -0.2) is 36.6 Å². The molecule has 0 saturated carbocycles. The molecule has 2 heterocycles. The summed E-state index contributed by atoms with van der Waals surface area (Å²) in [5.41, 5.74) is 3.00. The van der Waals surface area contributed by atoms with E-state index in [4.69, 9.17) is 0 Å². The summed E-state index contributed by atoms with van der Waals surface area (Å²) in [5.74, 6) is 0.706. The molecule has 1 aromatic carbocycles. The van der Waals surface area contributed by atoms with E-state index >= 15 is 0 Å². The standard InChI is InChI=1S/C19H30N2/c1-4-16-9-5-6-11-18(16)21-13-17-10-7-8-12-20(17)14-19(21)15(2)3/h5-6,9,11,15,17,19H,4,7-8,10,12-14H2,1-3H3. The molecule has 3 rings (SSSR count). The maximum atomic E-state index is 2.76. The molecule has 2 aliphatic rings. The van der Waals surface area contributed by atoms with Gasteiger partial charge in [0.25, 0.3) is 0 Å². The number of benzene rings is 1. The number of piperazine rings is 1. The van der Waals surface area contributed by atoms with Crippen LogP contribution in [0.5, 0.6) is 0 Å². The van der Waals surface area contributed by atoms with Gasteiger partial charge in [0, 0.05) is 30.9 Å². The lowest BCUT2D eigenvalue weighted by Crippen LogP contribution is -2.61. The molecule has 2 saturated heterocycles. The minimum atomic E-state index is 0.659. The zero-order valence-corrected chi connectivity index (χ0v) is 13.9. The number of piperidine rings is 1. The Bertz CT molecular complexity index is 468. The number of hydrogen-bond donors (Lipinski definition) is 0. The number of fused-ring (bicyclic) bond motifs is 1. The van der Waals surface area contributed by atoms with Crippen molar-refractivity contribution in [2.24, 2.45) is 5.92 Å². The van der Waals surface area contributed by atoms with Crippen LogP contribution in [0.15, 0.2) is 24.3 Å². The monoisotopic (exact) mass is 286 g/mol. The summed E-state index contributed by atoms with van der Waals surface area (Å²) in [5, 5.41) is 0. The van der Waals surface area contributed by atoms with Crippen LogP contribution in [0.4, 0.5) is 5.69 Å². The topological polar surface area (TPSA) is 6.48 Å². The molecule has 2 fully saturated rings. The first-order valence-electron chi connectivity index (χ1n) is 8.79. The second-order valence-electron chi connectivity index (χ2n) is 7.09. The van der Waals surface area contributed by atoms with Crippen LogP contribution in [0, 0.1) is 5.92 Å². The summed E-state index contributed by atoms with van der Waals surface area (Å²) in [4.78, 5) is 5.50. The number of nitrogens with zero attached hydrogens (tertiary/aromatic N) is 2. The molecule has 21 heavy (non-hydrogen) atoms. The van der Waals surface area contributed by atoms with E-state index in [2.05, 4.69) is 54.8 Å². The van der Waals surface area contributed by atoms with E-state index in [1.54, 1.807) is 0 Å². The summed E-state index contributed by atoms with van der Waals surface area (Å²) in [6.45, 7) is 10.8. The van der Waals surface area contributed by atoms with Crippen LogP contribution in [0.3, 0.4) is 0 Å². The highest BCUT2D eigenvalue weighted by Gasteiger charge is 2.36. The van der Waals surface area contributed by atoms with Crippen molar-refractivity contribution in [3.05, 3.63) is 29.8 Å². The second kappa shape index (κ2) is 6.39. The Kier molecular flexibility index (Phi) is 4.54. The van der Waals surface area contributed by atoms with E-state index in [9.17, 15) is 0 Å². The molecule has 0 N–H and O–H groups in total. The van der Waals surface area contributed by atoms with Gasteiger partial charge in [-0.3, -0.25) is 4.90 Å². The van der Waals surface area contributed by atoms with E-state index in [1.807, 2.05) is 0 Å². The van der Waals surface area contributed by atoms with E-state index in [0.717, 1.165) is 12.5 Å². The Morgan fingerprint density at radius 2 is 1.95 bits per heavy atom. The molecule has 116 valence electrons. The molecule has 0 aromatic heterocycles. The van der Waals surface area contributed by atoms with Crippen molar-refractivity contribution in [1.29, 1.82) is 0 Å². The highest BCUT2D eigenvalue weighted by atomic mass is 15.3. The van der Waals surface area contributed by atoms with Crippen molar-refractivity contribution < 1.29 is 0 Å². The quantitative estimate of drug-likeness (QED) is 0.830. The Morgan fingerprint density at radius 3 is 2.71 bits per heavy atom. The van der Waals surface area contributed by atoms with Crippen molar-refractivity contribution in [1.82, 2.24) is 4.90 Å². The summed E-state index contributed by atoms with van der Waals surface area (Å²) in [7, 11) is 0. The summed E-state index contributed by atoms with van der Waals surface area (Å²) in [6.07, 6.45) is 5.32. The zero-order valence-electron chi connectivity index (χ0n) is 13.9. The molecule has 1 aromatic rings. The van der Waals surface area contributed by atoms with Crippen LogP contribution < -0.4 is 4.90 Å². The third-order valence-electron chi connectivity index (χ3n) is 5.43. The molecule has 2 heteroatoms. The van der Waals surface area contributed by atoms with Gasteiger partial charge in [-0.1, -0.05) is 45.4 Å². The van der Waals surface area contributed by atoms with Gasteiger partial charge in [0.15, 0.2) is 0 Å². The Morgan fingerprint density at radius 1 is 1.14 bits per heavy atom. The van der Waals surface area contributed by atoms with Crippen molar-refractivity contribution in [3.63, 3.8) is 0 Å². The molecule has 2 atom stereocenters. The molecule has 2 aliphatic heterocycles. The highest BCUT2D eigenvalue weighted by molar-refractivity contribution is 5.55. The highest BCUT2D eigenvalue weighted by Crippen LogP contribution is 2.32. The maximum absolute atomic E-state index is 2.76. The van der Waals surface area contributed by atoms with Gasteiger partial charge < -0.3 is 4.90 Å². The fourth-order valence-corrected chi connectivity index (χ4v) is 4.15. The van der Waals surface area contributed by atoms with Crippen molar-refractivity contribution in [2.45, 2.75) is 58.5 Å². The molecule has 2 unspecified atom stereocenters. The second-order valence-corrected chi connectivity index (χ2v) is 7.09. The van der Waals surface area contributed by atoms with Crippen LogP contribution in [0.2, 0.25) is 0 Å². The van der Waals surface area contributed by atoms with E-state index in [-0.39, 0.29) is 0 Å². The Labute approximate surface area is 130 Å². The maximum Gasteiger partial charge on any atom is 0.0440 e. The Balaban J connectivity index is 1.90. The van der Waals surface area contributed by atoms with Gasteiger partial charge in [0.2, 0.25) is 0 Å². The largest absolute Gasteiger partial charge is 0.365 e. The minimum absolute atomic E-state index is 0.659. The first kappa shape index (κ1) is 14.9. The summed E-state index contributed by atoms with van der Waals surface area (Å²) < 4.78 is 0. The lowest BCUT2D eigenvalue weighted by atomic mass is 9.91. The Hall–Kier alpha value is -1.02. The molecule has 0 aliphatic carbocycles. The predicted octanol–water partition coefficient (Wildman–Crippen LogP) is 3.95. The van der Waals surface area contributed by atoms with Gasteiger partial charge in [-0.15, -0.1) is 0 Å². The zero-order chi connectivity index (χ0) is 14.8. The molecule has 0 radical (unpaired) electrons. The SMILES string of the molecule is CCc1ccccc1N1CC2CCCCN2CC1C(C)C. The average molecular weight is 286 g/mol. The van der Waals surface area contributed by atoms with Gasteiger partial charge in [0.05, 0.1) is 0 Å². The van der Waals surface area contributed by atoms with E-state index in [1.165, 1.54) is 50.1 Å². The van der Waals surface area contributed by atoms with Crippen LogP contribution in [0.25, 0.3) is 0 Å². The number of aryl methyl sites for hydroxylation is 1. The third-order valence-corrected chi connectivity index (χ3v) is 5.43. The van der Waals surface area contributed by atoms with Crippen LogP contribution >= 0.6 is 0 Å². The van der Waals surface area contributed by atoms with Crippen molar-refractivity contribution >= 4 is 5.69 Å². The van der Waals surface area contributed by atoms with E-state index in [0.29, 0.717) is 12.0 Å². The first-order chi connectivity index (χ1) is 10.2. The summed E-state index contributed by atoms with van der Waals surface area (Å²) >= 11 is 0. The third kappa shape index (κ3) is 2.96. The van der Waals surface area contributed by atoms with Crippen LogP contribution in [0.1, 0.15) is 45.6 Å². The molecular weight excluding hydrogens is 256 g/mol. The van der Waals surface area contributed by atoms with Crippen molar-refractivity contribution in [3.8, 4) is 0 Å². The van der Waals surface area contributed by atoms with Gasteiger partial charge in [-0.2, -0.15) is 0 Å². The van der Waals surface area contributed by atoms with Gasteiger partial charge in [-0.05, 0) is 43.4 Å². The molecule has 0 amide bonds. The lowest BCUT2D eigenvalue weighted by molar-refractivity contribution is 0.100. The number of anilines is 1. The predicted molar refractivity (Wildman–Crippen MR) is 91.0 cm³/mol. The van der Waals surface area contributed by atoms with Gasteiger partial charge >= 0.3 is 0 Å². The number of hydrogen-bond acceptors (Lipinski definition) is 2. The smallest absolute Gasteiger partial charge is 0.0440 e. The summed E-state index contributed by atoms with van der Waals surface area (Å²) in [6, 6.07) is 10.5. The fraction of sp³-hybridized carbons (Fsp3) is 0.684. The molecule has 0 spiro atoms. The lowest BCUT2D eigenvalue weighted by Gasteiger charge is -2.51. The molecular formula is C19H30N2. The van der Waals surface area contributed by atoms with Gasteiger partial charge in [-0.25, -0.2) is 0 Å². The van der Waals surface area contributed by atoms with Gasteiger partial charge in [0.1, 0.15) is 0 Å². The van der Waals surface area contributed by atoms with E-state index < -0.39 is 0 Å². The number of para-hydroxylation sites is 1. The average Bonchev–Trinajstić information content (AvgIpc) is 2.53. The minimum Gasteiger partial charge on any atom is -0.365 e. The van der Waals surface area contributed by atoms with Crippen LogP contribution in [-0.2, 0) is 6.42 Å². The number of rotatable bonds is 3. The first-order valence-corrected chi connectivity index (χ1v) is 8.79. The normalized spacial score (nSPS) is 27.0. The fourth-order valence-electron chi connectivity index (χ4n) is 4.15.